The van der Waals surface area contributed by atoms with Gasteiger partial charge in [0.15, 0.2) is 0 Å². The minimum absolute atomic E-state index is 0.00820. The molecule has 1 aliphatic carbocycles. The first kappa shape index (κ1) is 13.1. The number of rotatable bonds is 3. The van der Waals surface area contributed by atoms with Crippen LogP contribution in [0, 0.1) is 0 Å². The number of carbonyl (C=O) groups excluding carboxylic acids is 3. The fourth-order valence-corrected chi connectivity index (χ4v) is 3.97. The first-order valence-corrected chi connectivity index (χ1v) is 7.42. The van der Waals surface area contributed by atoms with Crippen molar-refractivity contribution in [3.05, 3.63) is 21.9 Å². The molecule has 2 aliphatic rings. The molecule has 0 saturated carbocycles. The van der Waals surface area contributed by atoms with Gasteiger partial charge in [-0.3, -0.25) is 14.5 Å². The van der Waals surface area contributed by atoms with Gasteiger partial charge in [-0.1, -0.05) is 0 Å². The van der Waals surface area contributed by atoms with E-state index in [1.165, 1.54) is 0 Å². The maximum absolute atomic E-state index is 12.7. The average molecular weight is 293 g/mol. The Morgan fingerprint density at radius 2 is 2.30 bits per heavy atom. The lowest BCUT2D eigenvalue weighted by Crippen LogP contribution is -2.46. The Hall–Kier alpha value is -1.89. The number of imide groups is 1. The molecule has 1 aliphatic heterocycles. The predicted octanol–water partition coefficient (Wildman–Crippen LogP) is 0.707. The van der Waals surface area contributed by atoms with Gasteiger partial charge in [-0.15, -0.1) is 11.3 Å². The molecule has 1 aromatic rings. The van der Waals surface area contributed by atoms with Crippen LogP contribution in [-0.2, 0) is 21.5 Å². The van der Waals surface area contributed by atoms with E-state index in [-0.39, 0.29) is 18.9 Å². The number of nitrogens with zero attached hydrogens (tertiary/aromatic N) is 1. The standard InChI is InChI=1S/C13H15N3O3S/c14-10(17)3-6-16-11(18)13(15-12(16)19)5-1-2-9-8(13)4-7-20-9/h4,7H,1-3,5-6H2,(H2,14,17)(H,15,19)/t13-/m0/s1. The molecule has 3 N–H and O–H groups in total. The first-order chi connectivity index (χ1) is 9.54. The van der Waals surface area contributed by atoms with E-state index in [0.717, 1.165) is 28.2 Å². The zero-order valence-electron chi connectivity index (χ0n) is 10.8. The van der Waals surface area contributed by atoms with Crippen molar-refractivity contribution in [3.8, 4) is 0 Å². The topological polar surface area (TPSA) is 92.5 Å². The largest absolute Gasteiger partial charge is 0.370 e. The molecule has 1 spiro atoms. The zero-order valence-corrected chi connectivity index (χ0v) is 11.7. The normalized spacial score (nSPS) is 24.9. The van der Waals surface area contributed by atoms with Gasteiger partial charge in [0.1, 0.15) is 5.54 Å². The van der Waals surface area contributed by atoms with Crippen molar-refractivity contribution < 1.29 is 14.4 Å². The third-order valence-electron chi connectivity index (χ3n) is 3.92. The Labute approximate surface area is 119 Å². The summed E-state index contributed by atoms with van der Waals surface area (Å²) in [6, 6.07) is 1.48. The highest BCUT2D eigenvalue weighted by Gasteiger charge is 2.54. The lowest BCUT2D eigenvalue weighted by Gasteiger charge is -2.31. The summed E-state index contributed by atoms with van der Waals surface area (Å²) in [5.74, 6) is -0.783. The highest BCUT2D eigenvalue weighted by Crippen LogP contribution is 2.42. The lowest BCUT2D eigenvalue weighted by atomic mass is 9.80. The number of primary amides is 1. The van der Waals surface area contributed by atoms with E-state index in [0.29, 0.717) is 6.42 Å². The maximum Gasteiger partial charge on any atom is 0.325 e. The fourth-order valence-electron chi connectivity index (χ4n) is 2.97. The van der Waals surface area contributed by atoms with Gasteiger partial charge >= 0.3 is 6.03 Å². The minimum atomic E-state index is -0.928. The summed E-state index contributed by atoms with van der Waals surface area (Å²) >= 11 is 1.61. The second-order valence-electron chi connectivity index (χ2n) is 5.12. The molecular formula is C13H15N3O3S. The first-order valence-electron chi connectivity index (χ1n) is 6.54. The fraction of sp³-hybridized carbons (Fsp3) is 0.462. The number of hydrogen-bond donors (Lipinski definition) is 2. The Morgan fingerprint density at radius 1 is 1.50 bits per heavy atom. The molecule has 1 atom stereocenters. The Morgan fingerprint density at radius 3 is 3.05 bits per heavy atom. The number of nitrogens with one attached hydrogen (secondary N) is 1. The summed E-state index contributed by atoms with van der Waals surface area (Å²) in [7, 11) is 0. The molecule has 0 unspecified atom stereocenters. The second kappa shape index (κ2) is 4.59. The van der Waals surface area contributed by atoms with Crippen molar-refractivity contribution in [1.29, 1.82) is 0 Å². The molecule has 106 valence electrons. The van der Waals surface area contributed by atoms with E-state index in [1.54, 1.807) is 11.3 Å². The molecule has 0 bridgehead atoms. The highest BCUT2D eigenvalue weighted by atomic mass is 32.1. The Bertz CT molecular complexity index is 597. The number of hydrogen-bond acceptors (Lipinski definition) is 4. The second-order valence-corrected chi connectivity index (χ2v) is 6.12. The third-order valence-corrected chi connectivity index (χ3v) is 4.90. The van der Waals surface area contributed by atoms with Gasteiger partial charge in [-0.25, -0.2) is 4.79 Å². The molecule has 1 saturated heterocycles. The maximum atomic E-state index is 12.7. The molecular weight excluding hydrogens is 278 g/mol. The summed E-state index contributed by atoms with van der Waals surface area (Å²) in [5.41, 5.74) is 5.07. The van der Waals surface area contributed by atoms with Crippen LogP contribution in [0.2, 0.25) is 0 Å². The van der Waals surface area contributed by atoms with E-state index >= 15 is 0 Å². The summed E-state index contributed by atoms with van der Waals surface area (Å²) in [6.07, 6.45) is 2.41. The van der Waals surface area contributed by atoms with Crippen molar-refractivity contribution in [2.75, 3.05) is 6.54 Å². The number of amides is 4. The number of aryl methyl sites for hydroxylation is 1. The van der Waals surface area contributed by atoms with Crippen molar-refractivity contribution in [2.45, 2.75) is 31.2 Å². The van der Waals surface area contributed by atoms with Crippen LogP contribution < -0.4 is 11.1 Å². The molecule has 2 heterocycles. The van der Waals surface area contributed by atoms with Gasteiger partial charge in [0.2, 0.25) is 5.91 Å². The smallest absolute Gasteiger partial charge is 0.325 e. The number of urea groups is 1. The Kier molecular flexibility index (Phi) is 3.01. The van der Waals surface area contributed by atoms with Crippen LogP contribution in [0.25, 0.3) is 0 Å². The van der Waals surface area contributed by atoms with Crippen LogP contribution in [0.15, 0.2) is 11.4 Å². The number of thiophene rings is 1. The number of carbonyl (C=O) groups is 3. The van der Waals surface area contributed by atoms with E-state index < -0.39 is 17.5 Å². The molecule has 7 heteroatoms. The van der Waals surface area contributed by atoms with Gasteiger partial charge in [0, 0.05) is 23.4 Å². The molecule has 4 amide bonds. The van der Waals surface area contributed by atoms with Crippen LogP contribution >= 0.6 is 11.3 Å². The number of nitrogens with two attached hydrogens (primary N) is 1. The van der Waals surface area contributed by atoms with Crippen LogP contribution in [0.1, 0.15) is 29.7 Å². The van der Waals surface area contributed by atoms with E-state index in [9.17, 15) is 14.4 Å². The van der Waals surface area contributed by atoms with Crippen LogP contribution in [0.4, 0.5) is 4.79 Å². The molecule has 0 aromatic carbocycles. The van der Waals surface area contributed by atoms with Crippen molar-refractivity contribution in [1.82, 2.24) is 10.2 Å². The van der Waals surface area contributed by atoms with Crippen molar-refractivity contribution in [2.24, 2.45) is 5.73 Å². The van der Waals surface area contributed by atoms with Crippen LogP contribution in [-0.4, -0.2) is 29.3 Å². The summed E-state index contributed by atoms with van der Waals surface area (Å²) in [4.78, 5) is 37.8. The van der Waals surface area contributed by atoms with Gasteiger partial charge in [0.25, 0.3) is 5.91 Å². The van der Waals surface area contributed by atoms with Gasteiger partial charge in [0.05, 0.1) is 0 Å². The summed E-state index contributed by atoms with van der Waals surface area (Å²) in [6.45, 7) is 0.0429. The minimum Gasteiger partial charge on any atom is -0.370 e. The van der Waals surface area contributed by atoms with Crippen molar-refractivity contribution >= 4 is 29.2 Å². The van der Waals surface area contributed by atoms with E-state index in [2.05, 4.69) is 5.32 Å². The monoisotopic (exact) mass is 293 g/mol. The van der Waals surface area contributed by atoms with Crippen LogP contribution in [0.5, 0.6) is 0 Å². The SMILES string of the molecule is NC(=O)CCN1C(=O)N[C@]2(CCCc3sccc32)C1=O. The quantitative estimate of drug-likeness (QED) is 0.804. The molecule has 1 aromatic heterocycles. The molecule has 1 fully saturated rings. The third kappa shape index (κ3) is 1.81. The van der Waals surface area contributed by atoms with Gasteiger partial charge in [-0.05, 0) is 30.7 Å². The average Bonchev–Trinajstić information content (AvgIpc) is 2.95. The molecule has 3 rings (SSSR count). The predicted molar refractivity (Wildman–Crippen MR) is 73.0 cm³/mol. The van der Waals surface area contributed by atoms with Gasteiger partial charge < -0.3 is 11.1 Å². The van der Waals surface area contributed by atoms with Gasteiger partial charge in [-0.2, -0.15) is 0 Å². The molecule has 0 radical (unpaired) electrons. The van der Waals surface area contributed by atoms with Crippen LogP contribution in [0.3, 0.4) is 0 Å². The molecule has 6 nitrogen and oxygen atoms in total. The number of fused-ring (bicyclic) bond motifs is 2. The molecule has 20 heavy (non-hydrogen) atoms. The van der Waals surface area contributed by atoms with Crippen molar-refractivity contribution in [3.63, 3.8) is 0 Å². The highest BCUT2D eigenvalue weighted by molar-refractivity contribution is 7.10. The summed E-state index contributed by atoms with van der Waals surface area (Å²) < 4.78 is 0. The van der Waals surface area contributed by atoms with E-state index in [1.807, 2.05) is 11.4 Å². The Balaban J connectivity index is 1.92. The lowest BCUT2D eigenvalue weighted by molar-refractivity contribution is -0.132. The van der Waals surface area contributed by atoms with E-state index in [4.69, 9.17) is 5.73 Å². The zero-order chi connectivity index (χ0) is 14.3. The summed E-state index contributed by atoms with van der Waals surface area (Å²) in [5, 5.41) is 4.77.